The molecule has 0 atom stereocenters. The molecule has 0 amide bonds. The SMILES string of the molecule is C1=COC(c2ccccc2[PH+](C2CCCC2)C2CCCC2)O1.F[B-](F)(F)F. The Morgan fingerprint density at radius 3 is 1.70 bits per heavy atom. The minimum absolute atomic E-state index is 0.209. The Hall–Kier alpha value is -1.23. The lowest BCUT2D eigenvalue weighted by molar-refractivity contribution is -0.0237. The molecule has 0 aromatic heterocycles. The first kappa shape index (κ1) is 20.5. The highest BCUT2D eigenvalue weighted by atomic mass is 31.1. The summed E-state index contributed by atoms with van der Waals surface area (Å²) < 4.78 is 50.3. The van der Waals surface area contributed by atoms with E-state index in [1.807, 2.05) is 0 Å². The fraction of sp³-hybridized carbons (Fsp3) is 0.579. The highest BCUT2D eigenvalue weighted by Crippen LogP contribution is 2.57. The molecule has 2 aliphatic carbocycles. The Morgan fingerprint density at radius 2 is 1.22 bits per heavy atom. The van der Waals surface area contributed by atoms with Crippen LogP contribution in [0.5, 0.6) is 0 Å². The first-order chi connectivity index (χ1) is 12.9. The van der Waals surface area contributed by atoms with Gasteiger partial charge in [-0.25, -0.2) is 0 Å². The molecule has 1 aromatic carbocycles. The van der Waals surface area contributed by atoms with Crippen molar-refractivity contribution in [3.05, 3.63) is 42.4 Å². The van der Waals surface area contributed by atoms with Crippen LogP contribution in [0.1, 0.15) is 63.2 Å². The summed E-state index contributed by atoms with van der Waals surface area (Å²) in [7, 11) is -6.53. The minimum atomic E-state index is -6.00. The van der Waals surface area contributed by atoms with E-state index in [4.69, 9.17) is 9.47 Å². The van der Waals surface area contributed by atoms with Crippen LogP contribution in [0, 0.1) is 0 Å². The van der Waals surface area contributed by atoms with E-state index in [0.717, 1.165) is 11.3 Å². The number of hydrogen-bond acceptors (Lipinski definition) is 2. The van der Waals surface area contributed by atoms with Gasteiger partial charge < -0.3 is 26.7 Å². The van der Waals surface area contributed by atoms with E-state index in [0.29, 0.717) is 0 Å². The lowest BCUT2D eigenvalue weighted by atomic mass is 10.2. The van der Waals surface area contributed by atoms with Gasteiger partial charge in [0.25, 0.3) is 6.29 Å². The van der Waals surface area contributed by atoms with Crippen molar-refractivity contribution in [1.82, 2.24) is 0 Å². The fourth-order valence-electron chi connectivity index (χ4n) is 4.60. The minimum Gasteiger partial charge on any atom is -0.455 e. The molecule has 1 heterocycles. The van der Waals surface area contributed by atoms with Gasteiger partial charge in [-0.2, -0.15) is 0 Å². The van der Waals surface area contributed by atoms with Gasteiger partial charge >= 0.3 is 7.25 Å². The molecule has 2 nitrogen and oxygen atoms in total. The summed E-state index contributed by atoms with van der Waals surface area (Å²) in [6.45, 7) is 0. The summed E-state index contributed by atoms with van der Waals surface area (Å²) in [6.07, 6.45) is 14.7. The molecule has 1 aliphatic heterocycles. The maximum absolute atomic E-state index is 9.75. The molecule has 1 aromatic rings. The molecule has 0 unspecified atom stereocenters. The fourth-order valence-corrected chi connectivity index (χ4v) is 9.03. The second kappa shape index (κ2) is 9.31. The molecular formula is C19H26BF4O2P. The van der Waals surface area contributed by atoms with Gasteiger partial charge in [-0.1, -0.05) is 12.1 Å². The van der Waals surface area contributed by atoms with Crippen LogP contribution >= 0.6 is 7.92 Å². The number of benzene rings is 1. The Balaban J connectivity index is 0.000000376. The monoisotopic (exact) mass is 404 g/mol. The summed E-state index contributed by atoms with van der Waals surface area (Å²) in [6, 6.07) is 8.95. The second-order valence-electron chi connectivity index (χ2n) is 7.38. The maximum Gasteiger partial charge on any atom is 0.673 e. The van der Waals surface area contributed by atoms with Crippen LogP contribution in [-0.4, -0.2) is 18.6 Å². The molecule has 4 rings (SSSR count). The zero-order valence-corrected chi connectivity index (χ0v) is 16.3. The molecule has 8 heteroatoms. The summed E-state index contributed by atoms with van der Waals surface area (Å²) in [4.78, 5) is 0. The lowest BCUT2D eigenvalue weighted by Gasteiger charge is -2.25. The van der Waals surface area contributed by atoms with Crippen LogP contribution < -0.4 is 5.30 Å². The Bertz CT molecular complexity index is 598. The van der Waals surface area contributed by atoms with Crippen LogP contribution in [0.25, 0.3) is 0 Å². The maximum atomic E-state index is 9.75. The van der Waals surface area contributed by atoms with Crippen molar-refractivity contribution < 1.29 is 26.7 Å². The van der Waals surface area contributed by atoms with Gasteiger partial charge in [-0.05, 0) is 63.5 Å². The summed E-state index contributed by atoms with van der Waals surface area (Å²) in [5.41, 5.74) is 3.22. The first-order valence-electron chi connectivity index (χ1n) is 9.73. The molecule has 150 valence electrons. The molecule has 2 saturated carbocycles. The lowest BCUT2D eigenvalue weighted by Crippen LogP contribution is -2.23. The summed E-state index contributed by atoms with van der Waals surface area (Å²) in [5, 5.41) is 1.60. The average Bonchev–Trinajstić information content (AvgIpc) is 3.38. The summed E-state index contributed by atoms with van der Waals surface area (Å²) in [5.74, 6) is 0. The quantitative estimate of drug-likeness (QED) is 0.337. The zero-order chi connectivity index (χ0) is 19.3. The van der Waals surface area contributed by atoms with Crippen LogP contribution in [-0.2, 0) is 9.47 Å². The standard InChI is InChI=1S/C19H25O2P.BF4/c1-2-8-15(7-1)22(16-9-3-4-10-16)18-12-6-5-11-17(18)19-20-13-14-21-19;2-1(3,4)5/h5-6,11-16,19H,1-4,7-10H2;/q;-1/p+1. The molecule has 2 fully saturated rings. The number of halogens is 4. The topological polar surface area (TPSA) is 18.5 Å². The molecule has 0 radical (unpaired) electrons. The molecule has 0 N–H and O–H groups in total. The van der Waals surface area contributed by atoms with E-state index in [1.54, 1.807) is 17.8 Å². The van der Waals surface area contributed by atoms with Gasteiger partial charge in [0.15, 0.2) is 0 Å². The average molecular weight is 404 g/mol. The smallest absolute Gasteiger partial charge is 0.455 e. The largest absolute Gasteiger partial charge is 0.673 e. The van der Waals surface area contributed by atoms with Crippen LogP contribution in [0.4, 0.5) is 17.3 Å². The van der Waals surface area contributed by atoms with E-state index >= 15 is 0 Å². The van der Waals surface area contributed by atoms with Crippen LogP contribution in [0.2, 0.25) is 0 Å². The van der Waals surface area contributed by atoms with E-state index in [1.165, 1.54) is 56.9 Å². The summed E-state index contributed by atoms with van der Waals surface area (Å²) >= 11 is 0. The Kier molecular flexibility index (Phi) is 7.07. The molecule has 0 saturated heterocycles. The Morgan fingerprint density at radius 1 is 0.778 bits per heavy atom. The van der Waals surface area contributed by atoms with E-state index < -0.39 is 15.2 Å². The van der Waals surface area contributed by atoms with Gasteiger partial charge in [0, 0.05) is 7.92 Å². The van der Waals surface area contributed by atoms with Gasteiger partial charge in [0.2, 0.25) is 0 Å². The van der Waals surface area contributed by atoms with Crippen LogP contribution in [0.3, 0.4) is 0 Å². The van der Waals surface area contributed by atoms with Crippen molar-refractivity contribution in [2.75, 3.05) is 0 Å². The van der Waals surface area contributed by atoms with Crippen molar-refractivity contribution in [3.8, 4) is 0 Å². The van der Waals surface area contributed by atoms with Crippen molar-refractivity contribution in [1.29, 1.82) is 0 Å². The van der Waals surface area contributed by atoms with E-state index in [2.05, 4.69) is 24.3 Å². The third-order valence-electron chi connectivity index (χ3n) is 5.58. The third kappa shape index (κ3) is 5.87. The molecule has 27 heavy (non-hydrogen) atoms. The van der Waals surface area contributed by atoms with Crippen molar-refractivity contribution in [2.45, 2.75) is 69.0 Å². The van der Waals surface area contributed by atoms with Crippen LogP contribution in [0.15, 0.2) is 36.8 Å². The normalized spacial score (nSPS) is 21.2. The number of rotatable bonds is 4. The predicted molar refractivity (Wildman–Crippen MR) is 103 cm³/mol. The number of hydrogen-bond donors (Lipinski definition) is 0. The highest BCUT2D eigenvalue weighted by Gasteiger charge is 2.43. The molecule has 3 aliphatic rings. The molecule has 0 bridgehead atoms. The van der Waals surface area contributed by atoms with E-state index in [9.17, 15) is 17.3 Å². The third-order valence-corrected chi connectivity index (χ3v) is 9.57. The van der Waals surface area contributed by atoms with Gasteiger partial charge in [0.1, 0.15) is 17.8 Å². The van der Waals surface area contributed by atoms with Gasteiger partial charge in [-0.3, -0.25) is 0 Å². The zero-order valence-electron chi connectivity index (χ0n) is 15.3. The predicted octanol–water partition coefficient (Wildman–Crippen LogP) is 6.23. The molecular weight excluding hydrogens is 378 g/mol. The van der Waals surface area contributed by atoms with E-state index in [-0.39, 0.29) is 6.29 Å². The van der Waals surface area contributed by atoms with Gasteiger partial charge in [-0.15, -0.1) is 0 Å². The van der Waals surface area contributed by atoms with Gasteiger partial charge in [0.05, 0.1) is 16.9 Å². The van der Waals surface area contributed by atoms with Crippen molar-refractivity contribution >= 4 is 20.5 Å². The molecule has 0 spiro atoms. The van der Waals surface area contributed by atoms with Crippen molar-refractivity contribution in [2.24, 2.45) is 0 Å². The first-order valence-corrected chi connectivity index (χ1v) is 11.4. The highest BCUT2D eigenvalue weighted by molar-refractivity contribution is 7.67. The number of ether oxygens (including phenoxy) is 2. The second-order valence-corrected chi connectivity index (χ2v) is 10.5. The van der Waals surface area contributed by atoms with Crippen molar-refractivity contribution in [3.63, 3.8) is 0 Å². The Labute approximate surface area is 159 Å².